The van der Waals surface area contributed by atoms with Gasteiger partial charge in [-0.3, -0.25) is 0 Å². The number of aromatic nitrogens is 5. The standard InChI is InChI=1S/C24H27N7O/c1-13(2)21-14(3)27-24(25)30-23(21)31-7-8-32-20-6-5-16(9-18(20)12-31)17-10-19-22(26-11-17)29-15(4)28-19/h5-6,9-11,13H,7-8,12H2,1-4H3,(H2,25,27,30)(H,26,28,29). The SMILES string of the molecule is Cc1nc2ncc(-c3ccc4c(c3)CN(c3nc(N)nc(C)c3C(C)C)CCO4)cc2[nH]1. The Morgan fingerprint density at radius 3 is 2.75 bits per heavy atom. The molecule has 5 rings (SSSR count). The lowest BCUT2D eigenvalue weighted by molar-refractivity contribution is 0.331. The zero-order valence-corrected chi connectivity index (χ0v) is 18.8. The van der Waals surface area contributed by atoms with Crippen molar-refractivity contribution in [1.82, 2.24) is 24.9 Å². The fourth-order valence-electron chi connectivity index (χ4n) is 4.44. The van der Waals surface area contributed by atoms with Gasteiger partial charge in [0.15, 0.2) is 5.65 Å². The van der Waals surface area contributed by atoms with Gasteiger partial charge < -0.3 is 20.4 Å². The minimum Gasteiger partial charge on any atom is -0.491 e. The number of nitrogens with zero attached hydrogens (tertiary/aromatic N) is 5. The smallest absolute Gasteiger partial charge is 0.222 e. The predicted molar refractivity (Wildman–Crippen MR) is 126 cm³/mol. The van der Waals surface area contributed by atoms with Crippen LogP contribution < -0.4 is 15.4 Å². The van der Waals surface area contributed by atoms with Gasteiger partial charge >= 0.3 is 0 Å². The van der Waals surface area contributed by atoms with E-state index in [0.29, 0.717) is 19.1 Å². The minimum absolute atomic E-state index is 0.288. The Morgan fingerprint density at radius 1 is 1.09 bits per heavy atom. The molecule has 4 heterocycles. The second-order valence-corrected chi connectivity index (χ2v) is 8.57. The van der Waals surface area contributed by atoms with Crippen molar-refractivity contribution in [3.05, 3.63) is 53.1 Å². The zero-order valence-electron chi connectivity index (χ0n) is 18.8. The van der Waals surface area contributed by atoms with Gasteiger partial charge in [-0.05, 0) is 43.5 Å². The van der Waals surface area contributed by atoms with Crippen LogP contribution in [0.3, 0.4) is 0 Å². The van der Waals surface area contributed by atoms with Crippen molar-refractivity contribution < 1.29 is 4.74 Å². The Balaban J connectivity index is 1.54. The lowest BCUT2D eigenvalue weighted by Crippen LogP contribution is -2.28. The molecule has 0 radical (unpaired) electrons. The second-order valence-electron chi connectivity index (χ2n) is 8.57. The number of aryl methyl sites for hydroxylation is 2. The number of nitrogens with two attached hydrogens (primary N) is 1. The fraction of sp³-hybridized carbons (Fsp3) is 0.333. The Kier molecular flexibility index (Phi) is 4.92. The Labute approximate surface area is 186 Å². The number of hydrogen-bond donors (Lipinski definition) is 2. The summed E-state index contributed by atoms with van der Waals surface area (Å²) < 4.78 is 6.08. The monoisotopic (exact) mass is 429 g/mol. The van der Waals surface area contributed by atoms with Gasteiger partial charge in [-0.15, -0.1) is 0 Å². The fourth-order valence-corrected chi connectivity index (χ4v) is 4.44. The summed E-state index contributed by atoms with van der Waals surface area (Å²) in [5.74, 6) is 3.23. The first-order valence-corrected chi connectivity index (χ1v) is 10.9. The van der Waals surface area contributed by atoms with E-state index in [2.05, 4.69) is 61.9 Å². The highest BCUT2D eigenvalue weighted by atomic mass is 16.5. The van der Waals surface area contributed by atoms with Gasteiger partial charge in [-0.1, -0.05) is 19.9 Å². The van der Waals surface area contributed by atoms with Gasteiger partial charge in [-0.2, -0.15) is 4.98 Å². The van der Waals surface area contributed by atoms with Crippen LogP contribution in [0, 0.1) is 13.8 Å². The number of pyridine rings is 1. The molecule has 1 aliphatic heterocycles. The molecular weight excluding hydrogens is 402 g/mol. The van der Waals surface area contributed by atoms with Gasteiger partial charge in [0.25, 0.3) is 0 Å². The van der Waals surface area contributed by atoms with E-state index >= 15 is 0 Å². The van der Waals surface area contributed by atoms with Crippen molar-refractivity contribution in [3.63, 3.8) is 0 Å². The topological polar surface area (TPSA) is 106 Å². The van der Waals surface area contributed by atoms with Crippen LogP contribution in [0.1, 0.15) is 42.4 Å². The molecule has 32 heavy (non-hydrogen) atoms. The summed E-state index contributed by atoms with van der Waals surface area (Å²) in [6, 6.07) is 8.38. The van der Waals surface area contributed by atoms with Gasteiger partial charge in [0.1, 0.15) is 24.0 Å². The van der Waals surface area contributed by atoms with Crippen molar-refractivity contribution >= 4 is 22.9 Å². The molecule has 0 fully saturated rings. The lowest BCUT2D eigenvalue weighted by Gasteiger charge is -2.26. The summed E-state index contributed by atoms with van der Waals surface area (Å²) >= 11 is 0. The minimum atomic E-state index is 0.288. The van der Waals surface area contributed by atoms with Gasteiger partial charge in [0.2, 0.25) is 5.95 Å². The van der Waals surface area contributed by atoms with Crippen LogP contribution in [0.2, 0.25) is 0 Å². The summed E-state index contributed by atoms with van der Waals surface area (Å²) in [6.45, 7) is 10.2. The quantitative estimate of drug-likeness (QED) is 0.504. The normalized spacial score (nSPS) is 13.8. The molecule has 4 aromatic rings. The molecule has 8 nitrogen and oxygen atoms in total. The van der Waals surface area contributed by atoms with E-state index in [1.165, 1.54) is 0 Å². The maximum Gasteiger partial charge on any atom is 0.222 e. The molecule has 164 valence electrons. The number of anilines is 2. The number of imidazole rings is 1. The lowest BCUT2D eigenvalue weighted by atomic mass is 10.0. The van der Waals surface area contributed by atoms with Crippen molar-refractivity contribution in [1.29, 1.82) is 0 Å². The summed E-state index contributed by atoms with van der Waals surface area (Å²) in [5.41, 5.74) is 13.0. The highest BCUT2D eigenvalue weighted by molar-refractivity contribution is 5.78. The summed E-state index contributed by atoms with van der Waals surface area (Å²) in [4.78, 5) is 23.4. The molecule has 0 atom stereocenters. The van der Waals surface area contributed by atoms with E-state index in [4.69, 9.17) is 10.5 Å². The summed E-state index contributed by atoms with van der Waals surface area (Å²) in [6.07, 6.45) is 1.87. The van der Waals surface area contributed by atoms with Crippen LogP contribution in [0.5, 0.6) is 5.75 Å². The maximum absolute atomic E-state index is 6.08. The first-order chi connectivity index (χ1) is 15.4. The van der Waals surface area contributed by atoms with Crippen LogP contribution >= 0.6 is 0 Å². The molecule has 8 heteroatoms. The molecule has 1 aromatic carbocycles. The Hall–Kier alpha value is -3.68. The summed E-state index contributed by atoms with van der Waals surface area (Å²) in [5, 5.41) is 0. The van der Waals surface area contributed by atoms with Crippen LogP contribution in [0.4, 0.5) is 11.8 Å². The Morgan fingerprint density at radius 2 is 1.94 bits per heavy atom. The number of ether oxygens (including phenoxy) is 1. The van der Waals surface area contributed by atoms with E-state index in [1.54, 1.807) is 0 Å². The first-order valence-electron chi connectivity index (χ1n) is 10.9. The van der Waals surface area contributed by atoms with Gasteiger partial charge in [-0.25, -0.2) is 15.0 Å². The number of nitrogen functional groups attached to an aromatic ring is 1. The zero-order chi connectivity index (χ0) is 22.4. The van der Waals surface area contributed by atoms with Crippen molar-refractivity contribution in [2.45, 2.75) is 40.2 Å². The van der Waals surface area contributed by atoms with E-state index in [0.717, 1.165) is 63.0 Å². The van der Waals surface area contributed by atoms with Crippen molar-refractivity contribution in [2.24, 2.45) is 0 Å². The molecule has 0 saturated heterocycles. The number of hydrogen-bond acceptors (Lipinski definition) is 7. The number of fused-ring (bicyclic) bond motifs is 2. The third kappa shape index (κ3) is 3.62. The molecule has 0 aliphatic carbocycles. The second kappa shape index (κ2) is 7.78. The van der Waals surface area contributed by atoms with E-state index in [9.17, 15) is 0 Å². The van der Waals surface area contributed by atoms with E-state index in [1.807, 2.05) is 26.1 Å². The molecular formula is C24H27N7O. The molecule has 0 bridgehead atoms. The highest BCUT2D eigenvalue weighted by Crippen LogP contribution is 2.34. The first kappa shape index (κ1) is 20.2. The number of benzene rings is 1. The number of H-pyrrole nitrogens is 1. The molecule has 3 aromatic heterocycles. The van der Waals surface area contributed by atoms with Crippen LogP contribution in [-0.4, -0.2) is 38.1 Å². The average Bonchev–Trinajstić information content (AvgIpc) is 2.98. The largest absolute Gasteiger partial charge is 0.491 e. The molecule has 3 N–H and O–H groups in total. The number of nitrogens with one attached hydrogen (secondary N) is 1. The van der Waals surface area contributed by atoms with Gasteiger partial charge in [0, 0.05) is 35.1 Å². The summed E-state index contributed by atoms with van der Waals surface area (Å²) in [7, 11) is 0. The van der Waals surface area contributed by atoms with Gasteiger partial charge in [0.05, 0.1) is 12.1 Å². The van der Waals surface area contributed by atoms with Crippen molar-refractivity contribution in [2.75, 3.05) is 23.8 Å². The Bertz CT molecular complexity index is 1310. The van der Waals surface area contributed by atoms with E-state index < -0.39 is 0 Å². The number of rotatable bonds is 3. The van der Waals surface area contributed by atoms with Crippen LogP contribution in [0.25, 0.3) is 22.3 Å². The predicted octanol–water partition coefficient (Wildman–Crippen LogP) is 4.14. The highest BCUT2D eigenvalue weighted by Gasteiger charge is 2.23. The van der Waals surface area contributed by atoms with Crippen LogP contribution in [0.15, 0.2) is 30.5 Å². The van der Waals surface area contributed by atoms with Crippen molar-refractivity contribution in [3.8, 4) is 16.9 Å². The molecule has 0 saturated carbocycles. The maximum atomic E-state index is 6.08. The number of aromatic amines is 1. The average molecular weight is 430 g/mol. The van der Waals surface area contributed by atoms with E-state index in [-0.39, 0.29) is 5.92 Å². The van der Waals surface area contributed by atoms with Crippen LogP contribution in [-0.2, 0) is 6.54 Å². The molecule has 0 unspecified atom stereocenters. The molecule has 1 aliphatic rings. The third-order valence-electron chi connectivity index (χ3n) is 5.84. The molecule has 0 spiro atoms. The molecule has 0 amide bonds. The third-order valence-corrected chi connectivity index (χ3v) is 5.84.